The van der Waals surface area contributed by atoms with Crippen molar-refractivity contribution in [3.05, 3.63) is 143 Å². The smallest absolute Gasteiger partial charge is 0.260 e. The van der Waals surface area contributed by atoms with Crippen LogP contribution >= 0.6 is 11.6 Å². The molecule has 15 heteroatoms. The number of imide groups is 2. The number of hydrazine groups is 1. The standard InChI is InChI=1S/C48H42ClFN6O7/c1-54(2)33-17-13-30(14-18-33)51-52-31-15-19-34(20-16-31)55-44(58)36-22-21-35-37(41(36)46(55)60)25-38-45(59)56(53-32-11-9-29(50)10-12-32)47(61)48(38,27-5-7-28(49)8-6-27)42(35)26-23-39(62-3)43(57)40(24-26)63-4/h5-21,23-24,36-38,41-42,53,57H,22,25H2,1-4H3/t36-,37+,38-,41-,42-,48+/m0/s1. The van der Waals surface area contributed by atoms with Gasteiger partial charge in [-0.15, -0.1) is 0 Å². The fraction of sp³-hybridized carbons (Fsp3) is 0.250. The molecule has 9 rings (SSSR count). The SMILES string of the molecule is COc1cc([C@H]2C3=CC[C@@H]4C(=O)N(c5ccc(N=Nc6ccc(N(C)C)cc6)cc5)C(=O)[C@@H]4[C@@H]3C[C@H]3C(=O)N(Nc4ccc(F)cc4)C(=O)[C@@]23c2ccc(Cl)cc2)cc(OC)c1O. The molecular formula is C48H42ClFN6O7. The van der Waals surface area contributed by atoms with E-state index in [4.69, 9.17) is 21.1 Å². The number of carbonyl (C=O) groups excluding carboxylic acids is 4. The van der Waals surface area contributed by atoms with Gasteiger partial charge in [-0.05, 0) is 127 Å². The van der Waals surface area contributed by atoms with Gasteiger partial charge in [-0.25, -0.2) is 4.39 Å². The van der Waals surface area contributed by atoms with E-state index in [1.54, 1.807) is 60.7 Å². The van der Waals surface area contributed by atoms with Crippen LogP contribution in [0.5, 0.6) is 17.2 Å². The number of carbonyl (C=O) groups is 4. The minimum absolute atomic E-state index is 0.0341. The molecule has 2 N–H and O–H groups in total. The number of fused-ring (bicyclic) bond motifs is 4. The summed E-state index contributed by atoms with van der Waals surface area (Å²) in [5.41, 5.74) is 5.79. The lowest BCUT2D eigenvalue weighted by Gasteiger charge is -2.50. The van der Waals surface area contributed by atoms with Crippen molar-refractivity contribution in [2.24, 2.45) is 33.9 Å². The van der Waals surface area contributed by atoms with Gasteiger partial charge in [0, 0.05) is 30.7 Å². The molecule has 63 heavy (non-hydrogen) atoms. The zero-order chi connectivity index (χ0) is 44.3. The second kappa shape index (κ2) is 16.0. The van der Waals surface area contributed by atoms with Gasteiger partial charge in [0.05, 0.1) is 60.1 Å². The highest BCUT2D eigenvalue weighted by Gasteiger charge is 2.70. The number of halogens is 2. The minimum Gasteiger partial charge on any atom is -0.502 e. The molecule has 5 aromatic rings. The summed E-state index contributed by atoms with van der Waals surface area (Å²) in [6.45, 7) is 0. The largest absolute Gasteiger partial charge is 0.502 e. The maximum absolute atomic E-state index is 15.5. The molecule has 4 aliphatic rings. The predicted octanol–water partition coefficient (Wildman–Crippen LogP) is 8.87. The topological polar surface area (TPSA) is 153 Å². The number of hydrogen-bond acceptors (Lipinski definition) is 11. The Kier molecular flexibility index (Phi) is 10.5. The first-order valence-electron chi connectivity index (χ1n) is 20.3. The van der Waals surface area contributed by atoms with Gasteiger partial charge in [0.15, 0.2) is 11.5 Å². The third-order valence-corrected chi connectivity index (χ3v) is 13.1. The van der Waals surface area contributed by atoms with Gasteiger partial charge >= 0.3 is 0 Å². The summed E-state index contributed by atoms with van der Waals surface area (Å²) in [7, 11) is 6.68. The van der Waals surface area contributed by atoms with Crippen LogP contribution in [0.2, 0.25) is 5.02 Å². The number of amides is 4. The van der Waals surface area contributed by atoms with Crippen LogP contribution in [0.15, 0.2) is 131 Å². The van der Waals surface area contributed by atoms with E-state index in [0.717, 1.165) is 10.7 Å². The van der Waals surface area contributed by atoms with Crippen LogP contribution in [-0.4, -0.2) is 62.1 Å². The van der Waals surface area contributed by atoms with Crippen LogP contribution in [0.1, 0.15) is 29.9 Å². The summed E-state index contributed by atoms with van der Waals surface area (Å²) in [6.07, 6.45) is 2.14. The molecule has 2 heterocycles. The quantitative estimate of drug-likeness (QED) is 0.0796. The molecule has 1 saturated carbocycles. The number of azo groups is 1. The number of rotatable bonds is 10. The molecule has 0 aromatic heterocycles. The van der Waals surface area contributed by atoms with Gasteiger partial charge in [-0.2, -0.15) is 15.2 Å². The van der Waals surface area contributed by atoms with Crippen LogP contribution in [-0.2, 0) is 24.6 Å². The Morgan fingerprint density at radius 1 is 0.794 bits per heavy atom. The molecule has 3 fully saturated rings. The van der Waals surface area contributed by atoms with Crippen molar-refractivity contribution in [1.29, 1.82) is 0 Å². The number of benzene rings is 5. The van der Waals surface area contributed by atoms with Gasteiger partial charge in [-0.1, -0.05) is 35.4 Å². The first kappa shape index (κ1) is 41.3. The molecule has 0 bridgehead atoms. The maximum Gasteiger partial charge on any atom is 0.260 e. The van der Waals surface area contributed by atoms with Crippen LogP contribution in [0.3, 0.4) is 0 Å². The monoisotopic (exact) mass is 868 g/mol. The number of allylic oxidation sites excluding steroid dienone is 2. The highest BCUT2D eigenvalue weighted by molar-refractivity contribution is 6.30. The average Bonchev–Trinajstić information content (AvgIpc) is 3.67. The third-order valence-electron chi connectivity index (χ3n) is 12.8. The van der Waals surface area contributed by atoms with Gasteiger partial charge < -0.3 is 19.5 Å². The number of nitrogens with zero attached hydrogens (tertiary/aromatic N) is 5. The maximum atomic E-state index is 15.5. The number of anilines is 3. The van der Waals surface area contributed by atoms with Gasteiger partial charge in [-0.3, -0.25) is 29.5 Å². The molecular weight excluding hydrogens is 827 g/mol. The molecule has 320 valence electrons. The molecule has 4 amide bonds. The van der Waals surface area contributed by atoms with Gasteiger partial charge in [0.2, 0.25) is 17.6 Å². The van der Waals surface area contributed by atoms with Crippen LogP contribution < -0.4 is 24.7 Å². The summed E-state index contributed by atoms with van der Waals surface area (Å²) in [5, 5.41) is 21.1. The van der Waals surface area contributed by atoms with E-state index in [-0.39, 0.29) is 36.0 Å². The molecule has 2 aliphatic carbocycles. The predicted molar refractivity (Wildman–Crippen MR) is 234 cm³/mol. The number of phenols is 1. The van der Waals surface area contributed by atoms with E-state index in [9.17, 15) is 19.1 Å². The number of hydrogen-bond donors (Lipinski definition) is 2. The molecule has 2 aliphatic heterocycles. The van der Waals surface area contributed by atoms with Crippen molar-refractivity contribution < 1.29 is 38.1 Å². The first-order chi connectivity index (χ1) is 30.3. The van der Waals surface area contributed by atoms with Crippen molar-refractivity contribution >= 4 is 63.7 Å². The van der Waals surface area contributed by atoms with Crippen molar-refractivity contribution in [2.75, 3.05) is 43.5 Å². The van der Waals surface area contributed by atoms with Gasteiger partial charge in [0.1, 0.15) is 5.82 Å². The number of methoxy groups -OCH3 is 2. The molecule has 0 unspecified atom stereocenters. The lowest BCUT2D eigenvalue weighted by atomic mass is 9.49. The Bertz CT molecular complexity index is 2690. The Morgan fingerprint density at radius 3 is 1.98 bits per heavy atom. The molecule has 0 spiro atoms. The summed E-state index contributed by atoms with van der Waals surface area (Å²) in [5.74, 6) is -6.96. The summed E-state index contributed by atoms with van der Waals surface area (Å²) in [4.78, 5) is 62.9. The average molecular weight is 869 g/mol. The fourth-order valence-corrected chi connectivity index (χ4v) is 10.1. The lowest BCUT2D eigenvalue weighted by molar-refractivity contribution is -0.138. The Morgan fingerprint density at radius 2 is 1.40 bits per heavy atom. The van der Waals surface area contributed by atoms with Crippen LogP contribution in [0, 0.1) is 29.5 Å². The Balaban J connectivity index is 1.13. The highest BCUT2D eigenvalue weighted by atomic mass is 35.5. The van der Waals surface area contributed by atoms with E-state index < -0.39 is 58.5 Å². The van der Waals surface area contributed by atoms with Gasteiger partial charge in [0.25, 0.3) is 11.8 Å². The second-order valence-electron chi connectivity index (χ2n) is 16.3. The van der Waals surface area contributed by atoms with E-state index in [1.165, 1.54) is 43.4 Å². The Hall–Kier alpha value is -7.06. The van der Waals surface area contributed by atoms with Crippen LogP contribution in [0.4, 0.5) is 32.8 Å². The van der Waals surface area contributed by atoms with Crippen molar-refractivity contribution in [2.45, 2.75) is 24.2 Å². The molecule has 5 aromatic carbocycles. The van der Waals surface area contributed by atoms with Crippen molar-refractivity contribution in [1.82, 2.24) is 5.01 Å². The summed E-state index contributed by atoms with van der Waals surface area (Å²) >= 11 is 6.42. The zero-order valence-electron chi connectivity index (χ0n) is 34.7. The summed E-state index contributed by atoms with van der Waals surface area (Å²) < 4.78 is 25.2. The normalized spacial score (nSPS) is 24.0. The second-order valence-corrected chi connectivity index (χ2v) is 16.7. The number of nitrogens with one attached hydrogen (secondary N) is 1. The molecule has 6 atom stereocenters. The third kappa shape index (κ3) is 6.76. The van der Waals surface area contributed by atoms with E-state index in [2.05, 4.69) is 15.7 Å². The van der Waals surface area contributed by atoms with E-state index in [0.29, 0.717) is 44.5 Å². The fourth-order valence-electron chi connectivity index (χ4n) is 9.97. The molecule has 0 radical (unpaired) electrons. The Labute approximate surface area is 367 Å². The first-order valence-corrected chi connectivity index (χ1v) is 20.7. The highest BCUT2D eigenvalue weighted by Crippen LogP contribution is 2.65. The van der Waals surface area contributed by atoms with E-state index in [1.807, 2.05) is 49.3 Å². The molecule has 13 nitrogen and oxygen atoms in total. The van der Waals surface area contributed by atoms with E-state index >= 15 is 9.59 Å². The zero-order valence-corrected chi connectivity index (χ0v) is 35.4. The number of aromatic hydroxyl groups is 1. The minimum atomic E-state index is -1.65. The van der Waals surface area contributed by atoms with Crippen molar-refractivity contribution in [3.8, 4) is 17.2 Å². The van der Waals surface area contributed by atoms with Crippen molar-refractivity contribution in [3.63, 3.8) is 0 Å². The lowest BCUT2D eigenvalue weighted by Crippen LogP contribution is -2.53. The summed E-state index contributed by atoms with van der Waals surface area (Å²) in [6, 6.07) is 29.5. The molecule has 2 saturated heterocycles. The van der Waals surface area contributed by atoms with Crippen LogP contribution in [0.25, 0.3) is 0 Å². The number of phenolic OH excluding ortho intramolecular Hbond substituents is 1. The number of ether oxygens (including phenoxy) is 2.